The number of nitrogens with one attached hydrogen (secondary N) is 3. The number of fused-ring (bicyclic) bond motifs is 1. The lowest BCUT2D eigenvalue weighted by Gasteiger charge is -2.12. The number of carbonyl (C=O) groups is 1. The number of amides is 1. The summed E-state index contributed by atoms with van der Waals surface area (Å²) in [4.78, 5) is 21.3. The van der Waals surface area contributed by atoms with E-state index in [0.29, 0.717) is 25.2 Å². The molecule has 0 radical (unpaired) electrons. The van der Waals surface area contributed by atoms with Gasteiger partial charge >= 0.3 is 0 Å². The summed E-state index contributed by atoms with van der Waals surface area (Å²) in [5, 5.41) is 18.6. The minimum atomic E-state index is -0.174. The van der Waals surface area contributed by atoms with Gasteiger partial charge in [-0.2, -0.15) is 0 Å². The molecule has 0 atom stereocenters. The average Bonchev–Trinajstić information content (AvgIpc) is 3.09. The minimum absolute atomic E-state index is 0.140. The van der Waals surface area contributed by atoms with E-state index in [4.69, 9.17) is 0 Å². The number of aliphatic imine (C=N–C) groups is 1. The number of guanidine groups is 1. The molecule has 0 saturated heterocycles. The first-order chi connectivity index (χ1) is 15.1. The van der Waals surface area contributed by atoms with Crippen molar-refractivity contribution in [3.8, 4) is 5.75 Å². The number of benzene rings is 2. The van der Waals surface area contributed by atoms with Gasteiger partial charge in [-0.1, -0.05) is 12.1 Å². The van der Waals surface area contributed by atoms with E-state index >= 15 is 0 Å². The number of hydrogen-bond donors (Lipinski definition) is 4. The summed E-state index contributed by atoms with van der Waals surface area (Å²) in [7, 11) is 0. The molecule has 8 heteroatoms. The van der Waals surface area contributed by atoms with E-state index < -0.39 is 0 Å². The molecule has 4 N–H and O–H groups in total. The van der Waals surface area contributed by atoms with E-state index in [1.807, 2.05) is 32.0 Å². The molecule has 8 nitrogen and oxygen atoms in total. The van der Waals surface area contributed by atoms with Gasteiger partial charge in [0.25, 0.3) is 5.91 Å². The molecule has 0 saturated carbocycles. The largest absolute Gasteiger partial charge is 0.508 e. The zero-order valence-electron chi connectivity index (χ0n) is 18.1. The van der Waals surface area contributed by atoms with Crippen molar-refractivity contribution in [2.45, 2.75) is 26.8 Å². The van der Waals surface area contributed by atoms with Gasteiger partial charge in [0.1, 0.15) is 11.6 Å². The Labute approximate surface area is 182 Å². The number of carbonyl (C=O) groups excluding carboxylic acids is 1. The normalized spacial score (nSPS) is 11.5. The van der Waals surface area contributed by atoms with Crippen molar-refractivity contribution in [2.75, 3.05) is 26.2 Å². The summed E-state index contributed by atoms with van der Waals surface area (Å²) in [6.45, 7) is 7.37. The molecular weight excluding hydrogens is 392 g/mol. The van der Waals surface area contributed by atoms with Gasteiger partial charge in [-0.25, -0.2) is 4.98 Å². The molecule has 0 aliphatic heterocycles. The van der Waals surface area contributed by atoms with Gasteiger partial charge in [-0.15, -0.1) is 0 Å². The van der Waals surface area contributed by atoms with Gasteiger partial charge in [0.05, 0.1) is 11.0 Å². The van der Waals surface area contributed by atoms with Gasteiger partial charge in [-0.05, 0) is 56.7 Å². The molecule has 0 bridgehead atoms. The zero-order valence-corrected chi connectivity index (χ0v) is 18.1. The third kappa shape index (κ3) is 6.21. The van der Waals surface area contributed by atoms with Crippen molar-refractivity contribution in [1.82, 2.24) is 25.5 Å². The third-order valence-corrected chi connectivity index (χ3v) is 4.83. The summed E-state index contributed by atoms with van der Waals surface area (Å²) < 4.78 is 2.23. The average molecular weight is 423 g/mol. The highest BCUT2D eigenvalue weighted by Crippen LogP contribution is 2.15. The van der Waals surface area contributed by atoms with Crippen LogP contribution >= 0.6 is 0 Å². The van der Waals surface area contributed by atoms with Crippen LogP contribution in [0.15, 0.2) is 53.5 Å². The predicted octanol–water partition coefficient (Wildman–Crippen LogP) is 2.43. The number of aryl methyl sites for hydroxylation is 2. The summed E-state index contributed by atoms with van der Waals surface area (Å²) >= 11 is 0. The maximum Gasteiger partial charge on any atom is 0.251 e. The Bertz CT molecular complexity index is 1030. The van der Waals surface area contributed by atoms with Crippen molar-refractivity contribution in [2.24, 2.45) is 4.99 Å². The van der Waals surface area contributed by atoms with Crippen LogP contribution < -0.4 is 16.0 Å². The molecule has 0 spiro atoms. The lowest BCUT2D eigenvalue weighted by atomic mass is 10.2. The number of rotatable bonds is 9. The Morgan fingerprint density at radius 2 is 1.81 bits per heavy atom. The number of aromatic hydroxyl groups is 1. The van der Waals surface area contributed by atoms with Crippen molar-refractivity contribution in [3.05, 3.63) is 59.9 Å². The van der Waals surface area contributed by atoms with Gasteiger partial charge in [-0.3, -0.25) is 9.79 Å². The number of para-hydroxylation sites is 2. The summed E-state index contributed by atoms with van der Waals surface area (Å²) in [6.07, 6.45) is 0.898. The summed E-state index contributed by atoms with van der Waals surface area (Å²) in [5.74, 6) is 1.71. The second-order valence-electron chi connectivity index (χ2n) is 7.14. The summed E-state index contributed by atoms with van der Waals surface area (Å²) in [6, 6.07) is 14.3. The molecule has 31 heavy (non-hydrogen) atoms. The maximum absolute atomic E-state index is 12.1. The van der Waals surface area contributed by atoms with Crippen molar-refractivity contribution >= 4 is 22.9 Å². The fraction of sp³-hybridized carbons (Fsp3) is 0.348. The monoisotopic (exact) mass is 422 g/mol. The van der Waals surface area contributed by atoms with E-state index in [1.165, 1.54) is 12.1 Å². The Morgan fingerprint density at radius 1 is 1.06 bits per heavy atom. The Hall–Kier alpha value is -3.55. The van der Waals surface area contributed by atoms with E-state index in [9.17, 15) is 9.90 Å². The van der Waals surface area contributed by atoms with Crippen LogP contribution in [0.4, 0.5) is 0 Å². The Morgan fingerprint density at radius 3 is 2.58 bits per heavy atom. The Kier molecular flexibility index (Phi) is 7.86. The topological polar surface area (TPSA) is 104 Å². The predicted molar refractivity (Wildman–Crippen MR) is 124 cm³/mol. The van der Waals surface area contributed by atoms with Gasteiger partial charge in [0.2, 0.25) is 0 Å². The number of hydrogen-bond acceptors (Lipinski definition) is 4. The highest BCUT2D eigenvalue weighted by Gasteiger charge is 2.07. The smallest absolute Gasteiger partial charge is 0.251 e. The van der Waals surface area contributed by atoms with Gasteiger partial charge < -0.3 is 25.6 Å². The second-order valence-corrected chi connectivity index (χ2v) is 7.14. The maximum atomic E-state index is 12.1. The molecular formula is C23H30N6O2. The lowest BCUT2D eigenvalue weighted by Crippen LogP contribution is -2.41. The fourth-order valence-electron chi connectivity index (χ4n) is 3.31. The van der Waals surface area contributed by atoms with Crippen LogP contribution in [0.2, 0.25) is 0 Å². The number of imidazole rings is 1. The highest BCUT2D eigenvalue weighted by atomic mass is 16.3. The third-order valence-electron chi connectivity index (χ3n) is 4.83. The molecule has 0 fully saturated rings. The quantitative estimate of drug-likeness (QED) is 0.241. The van der Waals surface area contributed by atoms with E-state index in [1.54, 1.807) is 12.1 Å². The summed E-state index contributed by atoms with van der Waals surface area (Å²) in [5.41, 5.74) is 2.69. The van der Waals surface area contributed by atoms with Crippen LogP contribution in [0.1, 0.15) is 29.5 Å². The Balaban J connectivity index is 1.43. The zero-order chi connectivity index (χ0) is 22.1. The van der Waals surface area contributed by atoms with Crippen LogP contribution in [0.5, 0.6) is 5.75 Å². The second kappa shape index (κ2) is 11.0. The van der Waals surface area contributed by atoms with Gasteiger partial charge in [0, 0.05) is 38.3 Å². The molecule has 2 aromatic carbocycles. The molecule has 1 heterocycles. The first kappa shape index (κ1) is 22.1. The molecule has 0 unspecified atom stereocenters. The van der Waals surface area contributed by atoms with Crippen LogP contribution in [-0.2, 0) is 6.54 Å². The van der Waals surface area contributed by atoms with E-state index in [2.05, 4.69) is 36.6 Å². The highest BCUT2D eigenvalue weighted by molar-refractivity contribution is 5.94. The van der Waals surface area contributed by atoms with E-state index in [-0.39, 0.29) is 11.7 Å². The first-order valence-electron chi connectivity index (χ1n) is 10.6. The molecule has 0 aliphatic carbocycles. The van der Waals surface area contributed by atoms with Crippen molar-refractivity contribution in [3.63, 3.8) is 0 Å². The SMILES string of the molecule is CCNC(=NCCCn1c(C)nc2ccccc21)NCCNC(=O)c1ccc(O)cc1. The van der Waals surface area contributed by atoms with Crippen molar-refractivity contribution < 1.29 is 9.90 Å². The van der Waals surface area contributed by atoms with E-state index in [0.717, 1.165) is 42.3 Å². The minimum Gasteiger partial charge on any atom is -0.508 e. The van der Waals surface area contributed by atoms with Gasteiger partial charge in [0.15, 0.2) is 5.96 Å². The molecule has 0 aliphatic rings. The molecule has 1 amide bonds. The number of nitrogens with zero attached hydrogens (tertiary/aromatic N) is 3. The lowest BCUT2D eigenvalue weighted by molar-refractivity contribution is 0.0954. The molecule has 3 aromatic rings. The molecule has 1 aromatic heterocycles. The van der Waals surface area contributed by atoms with Crippen molar-refractivity contribution in [1.29, 1.82) is 0 Å². The number of phenolic OH excluding ortho intramolecular Hbond substituents is 1. The van der Waals surface area contributed by atoms with Crippen LogP contribution in [-0.4, -0.2) is 52.7 Å². The van der Waals surface area contributed by atoms with Crippen LogP contribution in [0, 0.1) is 6.92 Å². The van der Waals surface area contributed by atoms with Crippen LogP contribution in [0.3, 0.4) is 0 Å². The van der Waals surface area contributed by atoms with Crippen LogP contribution in [0.25, 0.3) is 11.0 Å². The first-order valence-corrected chi connectivity index (χ1v) is 10.6. The fourth-order valence-corrected chi connectivity index (χ4v) is 3.31. The number of aromatic nitrogens is 2. The standard InChI is InChI=1S/C23H30N6O2/c1-3-24-23(27-15-14-25-22(31)18-9-11-19(30)12-10-18)26-13-6-16-29-17(2)28-20-7-4-5-8-21(20)29/h4-5,7-12,30H,3,6,13-16H2,1-2H3,(H,25,31)(H2,24,26,27). The molecule has 164 valence electrons. The number of phenols is 1. The molecule has 3 rings (SSSR count).